The smallest absolute Gasteiger partial charge is 0.160 e. The monoisotopic (exact) mass is 299 g/mol. The number of rotatable bonds is 3. The number of hydrogen-bond donors (Lipinski definition) is 0. The van der Waals surface area contributed by atoms with E-state index >= 15 is 0 Å². The van der Waals surface area contributed by atoms with Gasteiger partial charge in [0.1, 0.15) is 11.3 Å². The Morgan fingerprint density at radius 3 is 3.00 bits per heavy atom. The Morgan fingerprint density at radius 1 is 1.47 bits per heavy atom. The lowest BCUT2D eigenvalue weighted by atomic mass is 10.2. The zero-order chi connectivity index (χ0) is 13.5. The molecule has 1 aliphatic rings. The van der Waals surface area contributed by atoms with Crippen LogP contribution in [0, 0.1) is 0 Å². The molecule has 0 bridgehead atoms. The van der Waals surface area contributed by atoms with Gasteiger partial charge in [-0.15, -0.1) is 11.6 Å². The maximum Gasteiger partial charge on any atom is 0.160 e. The number of alkyl halides is 1. The molecule has 3 heterocycles. The van der Waals surface area contributed by atoms with Gasteiger partial charge >= 0.3 is 0 Å². The van der Waals surface area contributed by atoms with E-state index < -0.39 is 9.84 Å². The topological polar surface area (TPSA) is 64.8 Å². The Morgan fingerprint density at radius 2 is 2.32 bits per heavy atom. The highest BCUT2D eigenvalue weighted by Gasteiger charge is 2.32. The summed E-state index contributed by atoms with van der Waals surface area (Å²) in [7, 11) is -2.98. The van der Waals surface area contributed by atoms with Crippen molar-refractivity contribution in [2.45, 2.75) is 30.5 Å². The minimum absolute atomic E-state index is 0.253. The van der Waals surface area contributed by atoms with E-state index in [9.17, 15) is 8.42 Å². The summed E-state index contributed by atoms with van der Waals surface area (Å²) in [6.45, 7) is 0.401. The Labute approximate surface area is 116 Å². The normalized spacial score (nSPS) is 22.1. The van der Waals surface area contributed by atoms with Crippen molar-refractivity contribution in [1.82, 2.24) is 14.5 Å². The molecule has 5 nitrogen and oxygen atoms in total. The Bertz CT molecular complexity index is 711. The third kappa shape index (κ3) is 2.23. The van der Waals surface area contributed by atoms with Gasteiger partial charge < -0.3 is 4.57 Å². The quantitative estimate of drug-likeness (QED) is 0.810. The summed E-state index contributed by atoms with van der Waals surface area (Å²) in [5.74, 6) is 1.22. The molecule has 1 unspecified atom stereocenters. The van der Waals surface area contributed by atoms with Crippen molar-refractivity contribution in [3.63, 3.8) is 0 Å². The van der Waals surface area contributed by atoms with Crippen molar-refractivity contribution >= 4 is 32.6 Å². The van der Waals surface area contributed by atoms with Crippen LogP contribution in [-0.2, 0) is 22.3 Å². The molecule has 1 atom stereocenters. The molecule has 1 fully saturated rings. The van der Waals surface area contributed by atoms with E-state index in [-0.39, 0.29) is 16.9 Å². The predicted molar refractivity (Wildman–Crippen MR) is 73.9 cm³/mol. The summed E-state index contributed by atoms with van der Waals surface area (Å²) in [6.07, 6.45) is 3.13. The third-order valence-electron chi connectivity index (χ3n) is 3.55. The number of fused-ring (bicyclic) bond motifs is 1. The van der Waals surface area contributed by atoms with E-state index in [4.69, 9.17) is 11.6 Å². The summed E-state index contributed by atoms with van der Waals surface area (Å²) >= 11 is 5.90. The van der Waals surface area contributed by atoms with E-state index in [0.717, 1.165) is 11.9 Å². The van der Waals surface area contributed by atoms with Crippen LogP contribution >= 0.6 is 11.6 Å². The molecule has 0 amide bonds. The second-order valence-corrected chi connectivity index (χ2v) is 7.42. The van der Waals surface area contributed by atoms with E-state index in [2.05, 4.69) is 9.97 Å². The van der Waals surface area contributed by atoms with Gasteiger partial charge in [-0.2, -0.15) is 0 Å². The van der Waals surface area contributed by atoms with E-state index in [1.165, 1.54) is 0 Å². The highest BCUT2D eigenvalue weighted by molar-refractivity contribution is 7.92. The van der Waals surface area contributed by atoms with Crippen LogP contribution in [0.5, 0.6) is 0 Å². The zero-order valence-electron chi connectivity index (χ0n) is 10.3. The van der Waals surface area contributed by atoms with Gasteiger partial charge in [-0.1, -0.05) is 0 Å². The van der Waals surface area contributed by atoms with Crippen LogP contribution in [0.2, 0.25) is 0 Å². The molecule has 0 aliphatic carbocycles. The van der Waals surface area contributed by atoms with Crippen molar-refractivity contribution in [3.05, 3.63) is 24.2 Å². The van der Waals surface area contributed by atoms with Crippen LogP contribution in [0.1, 0.15) is 18.7 Å². The van der Waals surface area contributed by atoms with Crippen LogP contribution in [0.4, 0.5) is 0 Å². The van der Waals surface area contributed by atoms with Gasteiger partial charge in [0, 0.05) is 12.7 Å². The lowest BCUT2D eigenvalue weighted by Crippen LogP contribution is -2.23. The van der Waals surface area contributed by atoms with Crippen molar-refractivity contribution in [1.29, 1.82) is 0 Å². The molecule has 0 aromatic carbocycles. The first-order valence-corrected chi connectivity index (χ1v) is 8.44. The fourth-order valence-corrected chi connectivity index (χ4v) is 4.57. The molecule has 3 rings (SSSR count). The number of imidazole rings is 1. The van der Waals surface area contributed by atoms with Crippen molar-refractivity contribution < 1.29 is 8.42 Å². The number of halogens is 1. The second kappa shape index (κ2) is 4.76. The van der Waals surface area contributed by atoms with Gasteiger partial charge in [-0.25, -0.2) is 18.4 Å². The number of sulfone groups is 1. The van der Waals surface area contributed by atoms with Gasteiger partial charge in [0.15, 0.2) is 15.5 Å². The zero-order valence-corrected chi connectivity index (χ0v) is 11.9. The molecule has 0 radical (unpaired) electrons. The highest BCUT2D eigenvalue weighted by atomic mass is 35.5. The highest BCUT2D eigenvalue weighted by Crippen LogP contribution is 2.24. The lowest BCUT2D eigenvalue weighted by Gasteiger charge is -2.12. The first-order chi connectivity index (χ1) is 9.12. The van der Waals surface area contributed by atoms with Gasteiger partial charge in [-0.3, -0.25) is 0 Å². The van der Waals surface area contributed by atoms with Crippen molar-refractivity contribution in [2.75, 3.05) is 5.75 Å². The molecule has 0 spiro atoms. The number of pyridine rings is 1. The fraction of sp³-hybridized carbons (Fsp3) is 0.500. The van der Waals surface area contributed by atoms with Crippen LogP contribution in [0.25, 0.3) is 11.2 Å². The molecule has 2 aromatic heterocycles. The van der Waals surface area contributed by atoms with Crippen LogP contribution in [0.15, 0.2) is 18.3 Å². The Balaban J connectivity index is 2.04. The molecular weight excluding hydrogens is 286 g/mol. The summed E-state index contributed by atoms with van der Waals surface area (Å²) in [4.78, 5) is 8.68. The molecule has 1 aliphatic heterocycles. The van der Waals surface area contributed by atoms with Gasteiger partial charge in [0.2, 0.25) is 0 Å². The molecule has 1 saturated heterocycles. The Kier molecular flexibility index (Phi) is 3.22. The van der Waals surface area contributed by atoms with Crippen LogP contribution < -0.4 is 0 Å². The van der Waals surface area contributed by atoms with Crippen LogP contribution in [0.3, 0.4) is 0 Å². The van der Waals surface area contributed by atoms with Crippen molar-refractivity contribution in [2.24, 2.45) is 0 Å². The fourth-order valence-electron chi connectivity index (χ4n) is 2.57. The molecule has 7 heteroatoms. The summed E-state index contributed by atoms with van der Waals surface area (Å²) in [6, 6.07) is 3.67. The average molecular weight is 300 g/mol. The lowest BCUT2D eigenvalue weighted by molar-refractivity contribution is 0.564. The molecule has 102 valence electrons. The largest absolute Gasteiger partial charge is 0.310 e. The second-order valence-electron chi connectivity index (χ2n) is 4.75. The molecule has 0 saturated carbocycles. The number of hydrogen-bond acceptors (Lipinski definition) is 4. The predicted octanol–water partition coefficient (Wildman–Crippen LogP) is 1.75. The SMILES string of the molecule is O=S1(=O)CCCC1Cn1c(CCl)nc2cccnc21. The van der Waals surface area contributed by atoms with Crippen molar-refractivity contribution in [3.8, 4) is 0 Å². The first-order valence-electron chi connectivity index (χ1n) is 6.19. The molecular formula is C12H14ClN3O2S. The van der Waals surface area contributed by atoms with Gasteiger partial charge in [0.05, 0.1) is 16.9 Å². The van der Waals surface area contributed by atoms with E-state index in [0.29, 0.717) is 24.4 Å². The van der Waals surface area contributed by atoms with E-state index in [1.54, 1.807) is 6.20 Å². The standard InChI is InChI=1S/C12H14ClN3O2S/c13-7-11-15-10-4-1-5-14-12(10)16(11)8-9-3-2-6-19(9,17)18/h1,4-5,9H,2-3,6-8H2. The first kappa shape index (κ1) is 12.9. The number of nitrogens with zero attached hydrogens (tertiary/aromatic N) is 3. The average Bonchev–Trinajstić information content (AvgIpc) is 2.91. The Hall–Kier alpha value is -1.14. The minimum Gasteiger partial charge on any atom is -0.310 e. The summed E-state index contributed by atoms with van der Waals surface area (Å²) in [5.41, 5.74) is 1.47. The summed E-state index contributed by atoms with van der Waals surface area (Å²) < 4.78 is 25.7. The molecule has 19 heavy (non-hydrogen) atoms. The van der Waals surface area contributed by atoms with E-state index in [1.807, 2.05) is 16.7 Å². The maximum absolute atomic E-state index is 11.9. The molecule has 0 N–H and O–H groups in total. The van der Waals surface area contributed by atoms with Gasteiger partial charge in [-0.05, 0) is 25.0 Å². The van der Waals surface area contributed by atoms with Crippen LogP contribution in [-0.4, -0.2) is 34.0 Å². The van der Waals surface area contributed by atoms with Gasteiger partial charge in [0.25, 0.3) is 0 Å². The number of aromatic nitrogens is 3. The summed E-state index contributed by atoms with van der Waals surface area (Å²) in [5, 5.41) is -0.339. The molecule has 2 aromatic rings. The maximum atomic E-state index is 11.9. The third-order valence-corrected chi connectivity index (χ3v) is 6.05. The minimum atomic E-state index is -2.98.